The number of nitrogens with zero attached hydrogens (tertiary/aromatic N) is 1. The maximum absolute atomic E-state index is 14.1. The van der Waals surface area contributed by atoms with Crippen molar-refractivity contribution in [2.24, 2.45) is 0 Å². The van der Waals surface area contributed by atoms with Crippen LogP contribution in [0.2, 0.25) is 0 Å². The maximum Gasteiger partial charge on any atom is 0.153 e. The third-order valence-electron chi connectivity index (χ3n) is 3.31. The van der Waals surface area contributed by atoms with Gasteiger partial charge in [0.15, 0.2) is 5.82 Å². The molecule has 2 rings (SSSR count). The number of rotatable bonds is 2. The molecule has 94 valence electrons. The first-order valence-corrected chi connectivity index (χ1v) is 6.03. The molecule has 2 nitrogen and oxygen atoms in total. The average Bonchev–Trinajstić information content (AvgIpc) is 2.37. The summed E-state index contributed by atoms with van der Waals surface area (Å²) in [5, 5.41) is 0. The van der Waals surface area contributed by atoms with Gasteiger partial charge in [0, 0.05) is 18.7 Å². The molecule has 0 radical (unpaired) electrons. The molecule has 0 unspecified atom stereocenters. The van der Waals surface area contributed by atoms with E-state index >= 15 is 0 Å². The molecule has 0 atom stereocenters. The van der Waals surface area contributed by atoms with Gasteiger partial charge in [0.05, 0.1) is 12.2 Å². The van der Waals surface area contributed by atoms with E-state index in [4.69, 9.17) is 12.2 Å². The standard InChI is InChI=1S/C15H17FN2/c1-3-8-18-9-6-12(7-10-18)14-11(2)4-5-13(17)15(14)16/h1,4-6H,7-10,17H2,2H3. The fraction of sp³-hybridized carbons (Fsp3) is 0.333. The van der Waals surface area contributed by atoms with Crippen LogP contribution in [0, 0.1) is 25.1 Å². The van der Waals surface area contributed by atoms with Crippen molar-refractivity contribution in [2.75, 3.05) is 25.4 Å². The van der Waals surface area contributed by atoms with E-state index in [1.807, 2.05) is 19.1 Å². The summed E-state index contributed by atoms with van der Waals surface area (Å²) in [6.07, 6.45) is 8.14. The van der Waals surface area contributed by atoms with Crippen LogP contribution >= 0.6 is 0 Å². The van der Waals surface area contributed by atoms with E-state index in [2.05, 4.69) is 10.8 Å². The van der Waals surface area contributed by atoms with Gasteiger partial charge in [-0.25, -0.2) is 4.39 Å². The summed E-state index contributed by atoms with van der Waals surface area (Å²) >= 11 is 0. The minimum absolute atomic E-state index is 0.211. The van der Waals surface area contributed by atoms with Crippen molar-refractivity contribution in [3.05, 3.63) is 35.2 Å². The molecule has 0 bridgehead atoms. The van der Waals surface area contributed by atoms with E-state index in [1.54, 1.807) is 6.07 Å². The number of halogens is 1. The molecule has 0 spiro atoms. The summed E-state index contributed by atoms with van der Waals surface area (Å²) in [7, 11) is 0. The number of nitrogens with two attached hydrogens (primary N) is 1. The zero-order valence-electron chi connectivity index (χ0n) is 10.5. The predicted octanol–water partition coefficient (Wildman–Crippen LogP) is 2.44. The maximum atomic E-state index is 14.1. The van der Waals surface area contributed by atoms with E-state index in [-0.39, 0.29) is 11.5 Å². The van der Waals surface area contributed by atoms with Crippen LogP contribution in [0.15, 0.2) is 18.2 Å². The molecular formula is C15H17FN2. The largest absolute Gasteiger partial charge is 0.396 e. The lowest BCUT2D eigenvalue weighted by atomic mass is 9.94. The van der Waals surface area contributed by atoms with Crippen LogP contribution in [0.5, 0.6) is 0 Å². The summed E-state index contributed by atoms with van der Waals surface area (Å²) < 4.78 is 14.1. The number of benzene rings is 1. The van der Waals surface area contributed by atoms with Crippen LogP contribution in [0.3, 0.4) is 0 Å². The minimum atomic E-state index is -0.299. The first-order chi connectivity index (χ1) is 8.63. The highest BCUT2D eigenvalue weighted by Crippen LogP contribution is 2.30. The van der Waals surface area contributed by atoms with Gasteiger partial charge in [-0.3, -0.25) is 4.90 Å². The van der Waals surface area contributed by atoms with Crippen molar-refractivity contribution in [3.63, 3.8) is 0 Å². The second-order valence-electron chi connectivity index (χ2n) is 4.58. The van der Waals surface area contributed by atoms with E-state index < -0.39 is 0 Å². The quantitative estimate of drug-likeness (QED) is 0.639. The number of hydrogen-bond donors (Lipinski definition) is 1. The van der Waals surface area contributed by atoms with Crippen molar-refractivity contribution in [1.29, 1.82) is 0 Å². The molecule has 3 heteroatoms. The lowest BCUT2D eigenvalue weighted by Crippen LogP contribution is -2.29. The van der Waals surface area contributed by atoms with E-state index in [0.29, 0.717) is 12.1 Å². The second kappa shape index (κ2) is 5.24. The number of hydrogen-bond acceptors (Lipinski definition) is 2. The zero-order chi connectivity index (χ0) is 13.1. The smallest absolute Gasteiger partial charge is 0.153 e. The summed E-state index contributed by atoms with van der Waals surface area (Å²) in [4.78, 5) is 2.16. The summed E-state index contributed by atoms with van der Waals surface area (Å²) in [5.74, 6) is 2.33. The highest BCUT2D eigenvalue weighted by molar-refractivity contribution is 5.72. The van der Waals surface area contributed by atoms with Crippen LogP contribution in [-0.4, -0.2) is 24.5 Å². The Morgan fingerprint density at radius 1 is 1.50 bits per heavy atom. The van der Waals surface area contributed by atoms with Gasteiger partial charge in [-0.15, -0.1) is 6.42 Å². The van der Waals surface area contributed by atoms with Gasteiger partial charge in [-0.05, 0) is 30.5 Å². The number of terminal acetylenes is 1. The van der Waals surface area contributed by atoms with Crippen LogP contribution in [0.25, 0.3) is 5.57 Å². The Kier molecular flexibility index (Phi) is 3.69. The van der Waals surface area contributed by atoms with Gasteiger partial charge < -0.3 is 5.73 Å². The molecule has 1 aromatic carbocycles. The summed E-state index contributed by atoms with van der Waals surface area (Å²) in [5.41, 5.74) is 8.47. The van der Waals surface area contributed by atoms with Crippen molar-refractivity contribution in [1.82, 2.24) is 4.90 Å². The molecule has 1 heterocycles. The average molecular weight is 244 g/mol. The lowest BCUT2D eigenvalue weighted by molar-refractivity contribution is 0.339. The fourth-order valence-electron chi connectivity index (χ4n) is 2.29. The third kappa shape index (κ3) is 2.39. The Labute approximate surface area is 107 Å². The highest BCUT2D eigenvalue weighted by atomic mass is 19.1. The number of nitrogen functional groups attached to an aromatic ring is 1. The van der Waals surface area contributed by atoms with Gasteiger partial charge in [0.2, 0.25) is 0 Å². The highest BCUT2D eigenvalue weighted by Gasteiger charge is 2.17. The molecule has 18 heavy (non-hydrogen) atoms. The number of anilines is 1. The molecule has 0 aromatic heterocycles. The third-order valence-corrected chi connectivity index (χ3v) is 3.31. The minimum Gasteiger partial charge on any atom is -0.396 e. The Hall–Kier alpha value is -1.79. The number of aryl methyl sites for hydroxylation is 1. The Bertz CT molecular complexity index is 526. The van der Waals surface area contributed by atoms with Crippen molar-refractivity contribution in [2.45, 2.75) is 13.3 Å². The molecular weight excluding hydrogens is 227 g/mol. The first kappa shape index (κ1) is 12.7. The molecule has 2 N–H and O–H groups in total. The molecule has 0 aliphatic carbocycles. The Morgan fingerprint density at radius 2 is 2.28 bits per heavy atom. The molecule has 1 aromatic rings. The molecule has 0 amide bonds. The van der Waals surface area contributed by atoms with Gasteiger partial charge in [0.1, 0.15) is 0 Å². The van der Waals surface area contributed by atoms with E-state index in [0.717, 1.165) is 30.6 Å². The van der Waals surface area contributed by atoms with Gasteiger partial charge in [-0.1, -0.05) is 18.1 Å². The normalized spacial score (nSPS) is 16.2. The SMILES string of the molecule is C#CCN1CC=C(c2c(C)ccc(N)c2F)CC1. The van der Waals surface area contributed by atoms with E-state index in [9.17, 15) is 4.39 Å². The fourth-order valence-corrected chi connectivity index (χ4v) is 2.29. The predicted molar refractivity (Wildman–Crippen MR) is 73.4 cm³/mol. The molecule has 0 fully saturated rings. The lowest BCUT2D eigenvalue weighted by Gasteiger charge is -2.25. The van der Waals surface area contributed by atoms with Crippen molar-refractivity contribution in [3.8, 4) is 12.3 Å². The molecule has 1 aliphatic rings. The van der Waals surface area contributed by atoms with E-state index in [1.165, 1.54) is 0 Å². The van der Waals surface area contributed by atoms with Crippen LogP contribution in [-0.2, 0) is 0 Å². The molecule has 0 saturated heterocycles. The monoisotopic (exact) mass is 244 g/mol. The van der Waals surface area contributed by atoms with Crippen molar-refractivity contribution >= 4 is 11.3 Å². The van der Waals surface area contributed by atoms with Crippen LogP contribution < -0.4 is 5.73 Å². The molecule has 1 aliphatic heterocycles. The van der Waals surface area contributed by atoms with Crippen LogP contribution in [0.1, 0.15) is 17.5 Å². The van der Waals surface area contributed by atoms with Crippen LogP contribution in [0.4, 0.5) is 10.1 Å². The zero-order valence-corrected chi connectivity index (χ0v) is 10.5. The molecule has 0 saturated carbocycles. The Morgan fingerprint density at radius 3 is 2.89 bits per heavy atom. The van der Waals surface area contributed by atoms with Gasteiger partial charge in [-0.2, -0.15) is 0 Å². The Balaban J connectivity index is 2.29. The van der Waals surface area contributed by atoms with Crippen molar-refractivity contribution < 1.29 is 4.39 Å². The van der Waals surface area contributed by atoms with Gasteiger partial charge >= 0.3 is 0 Å². The first-order valence-electron chi connectivity index (χ1n) is 6.03. The summed E-state index contributed by atoms with van der Waals surface area (Å²) in [6, 6.07) is 3.48. The van der Waals surface area contributed by atoms with Gasteiger partial charge in [0.25, 0.3) is 0 Å². The second-order valence-corrected chi connectivity index (χ2v) is 4.58. The summed E-state index contributed by atoms with van der Waals surface area (Å²) in [6.45, 7) is 4.19. The topological polar surface area (TPSA) is 29.3 Å².